The van der Waals surface area contributed by atoms with Gasteiger partial charge in [0.05, 0.1) is 10.2 Å². The number of aromatic nitrogens is 2. The highest BCUT2D eigenvalue weighted by molar-refractivity contribution is 7.22. The quantitative estimate of drug-likeness (QED) is 0.788. The van der Waals surface area contributed by atoms with Gasteiger partial charge in [-0.05, 0) is 29.8 Å². The van der Waals surface area contributed by atoms with Gasteiger partial charge in [-0.15, -0.1) is 11.3 Å². The van der Waals surface area contributed by atoms with Gasteiger partial charge in [0.1, 0.15) is 6.33 Å². The summed E-state index contributed by atoms with van der Waals surface area (Å²) in [6.45, 7) is 4.02. The van der Waals surface area contributed by atoms with Crippen molar-refractivity contribution in [2.45, 2.75) is 13.5 Å². The van der Waals surface area contributed by atoms with Gasteiger partial charge in [-0.2, -0.15) is 0 Å². The van der Waals surface area contributed by atoms with Gasteiger partial charge in [0.2, 0.25) is 0 Å². The van der Waals surface area contributed by atoms with Crippen molar-refractivity contribution >= 4 is 21.6 Å². The highest BCUT2D eigenvalue weighted by atomic mass is 32.1. The fourth-order valence-corrected chi connectivity index (χ4v) is 3.01. The maximum absolute atomic E-state index is 4.29. The van der Waals surface area contributed by atoms with E-state index in [4.69, 9.17) is 0 Å². The molecule has 19 heavy (non-hydrogen) atoms. The van der Waals surface area contributed by atoms with Gasteiger partial charge in [-0.3, -0.25) is 0 Å². The summed E-state index contributed by atoms with van der Waals surface area (Å²) in [6, 6.07) is 10.8. The number of benzene rings is 1. The van der Waals surface area contributed by atoms with Crippen molar-refractivity contribution in [3.8, 4) is 10.4 Å². The second kappa shape index (κ2) is 5.47. The van der Waals surface area contributed by atoms with Crippen LogP contribution in [0.4, 0.5) is 0 Å². The number of nitrogens with one attached hydrogen (secondary N) is 1. The molecule has 96 valence electrons. The Labute approximate surface area is 116 Å². The van der Waals surface area contributed by atoms with Crippen LogP contribution in [0.25, 0.3) is 20.7 Å². The van der Waals surface area contributed by atoms with E-state index in [0.717, 1.165) is 23.3 Å². The molecule has 0 spiro atoms. The molecule has 3 rings (SSSR count). The summed E-state index contributed by atoms with van der Waals surface area (Å²) in [5.41, 5.74) is 3.58. The second-order valence-electron chi connectivity index (χ2n) is 4.36. The molecule has 2 heterocycles. The smallest absolute Gasteiger partial charge is 0.116 e. The second-order valence-corrected chi connectivity index (χ2v) is 5.45. The first-order valence-corrected chi connectivity index (χ1v) is 7.18. The molecule has 0 saturated heterocycles. The molecular weight excluding hydrogens is 254 g/mol. The molecule has 0 amide bonds. The standard InChI is InChI=1S/C15H15N3S/c1-2-16-8-11-4-3-5-12(6-11)14-7-13-15(19-14)9-17-10-18-13/h3-7,9-10,16H,2,8H2,1H3. The van der Waals surface area contributed by atoms with Crippen LogP contribution < -0.4 is 5.32 Å². The first-order valence-electron chi connectivity index (χ1n) is 6.36. The zero-order valence-corrected chi connectivity index (χ0v) is 11.6. The van der Waals surface area contributed by atoms with Crippen LogP contribution in [0.1, 0.15) is 12.5 Å². The third-order valence-electron chi connectivity index (χ3n) is 2.99. The highest BCUT2D eigenvalue weighted by Gasteiger charge is 2.05. The lowest BCUT2D eigenvalue weighted by molar-refractivity contribution is 0.727. The molecule has 1 N–H and O–H groups in total. The van der Waals surface area contributed by atoms with Gasteiger partial charge in [0.25, 0.3) is 0 Å². The summed E-state index contributed by atoms with van der Waals surface area (Å²) in [5, 5.41) is 3.35. The molecule has 0 bridgehead atoms. The highest BCUT2D eigenvalue weighted by Crippen LogP contribution is 2.32. The van der Waals surface area contributed by atoms with E-state index in [2.05, 4.69) is 52.5 Å². The summed E-state index contributed by atoms with van der Waals surface area (Å²) < 4.78 is 1.13. The number of hydrogen-bond acceptors (Lipinski definition) is 4. The first kappa shape index (κ1) is 12.3. The van der Waals surface area contributed by atoms with Crippen molar-refractivity contribution in [1.29, 1.82) is 0 Å². The molecule has 0 aliphatic heterocycles. The summed E-state index contributed by atoms with van der Waals surface area (Å²) in [7, 11) is 0. The zero-order chi connectivity index (χ0) is 13.1. The van der Waals surface area contributed by atoms with E-state index in [1.54, 1.807) is 17.7 Å². The molecule has 0 radical (unpaired) electrons. The molecule has 0 aliphatic carbocycles. The molecule has 1 aromatic carbocycles. The van der Waals surface area contributed by atoms with Gasteiger partial charge in [-0.25, -0.2) is 9.97 Å². The lowest BCUT2D eigenvalue weighted by Crippen LogP contribution is -2.11. The minimum Gasteiger partial charge on any atom is -0.313 e. The lowest BCUT2D eigenvalue weighted by atomic mass is 10.1. The van der Waals surface area contributed by atoms with Crippen molar-refractivity contribution in [2.24, 2.45) is 0 Å². The summed E-state index contributed by atoms with van der Waals surface area (Å²) >= 11 is 1.74. The summed E-state index contributed by atoms with van der Waals surface area (Å²) in [5.74, 6) is 0. The molecule has 0 atom stereocenters. The zero-order valence-electron chi connectivity index (χ0n) is 10.8. The molecular formula is C15H15N3S. The fraction of sp³-hybridized carbons (Fsp3) is 0.200. The third-order valence-corrected chi connectivity index (χ3v) is 4.09. The average molecular weight is 269 g/mol. The number of thiophene rings is 1. The minimum absolute atomic E-state index is 0.912. The van der Waals surface area contributed by atoms with Crippen LogP contribution in [-0.2, 0) is 6.54 Å². The third kappa shape index (κ3) is 2.64. The van der Waals surface area contributed by atoms with E-state index in [-0.39, 0.29) is 0 Å². The van der Waals surface area contributed by atoms with Crippen LogP contribution >= 0.6 is 11.3 Å². The first-order chi connectivity index (χ1) is 9.36. The Balaban J connectivity index is 1.96. The molecule has 0 aliphatic rings. The Morgan fingerprint density at radius 2 is 2.21 bits per heavy atom. The van der Waals surface area contributed by atoms with E-state index >= 15 is 0 Å². The lowest BCUT2D eigenvalue weighted by Gasteiger charge is -2.04. The minimum atomic E-state index is 0.912. The molecule has 3 aromatic rings. The van der Waals surface area contributed by atoms with Crippen LogP contribution in [0.15, 0.2) is 42.9 Å². The van der Waals surface area contributed by atoms with E-state index in [1.807, 2.05) is 6.20 Å². The van der Waals surface area contributed by atoms with Crippen LogP contribution in [0.5, 0.6) is 0 Å². The van der Waals surface area contributed by atoms with Crippen molar-refractivity contribution in [1.82, 2.24) is 15.3 Å². The van der Waals surface area contributed by atoms with Gasteiger partial charge in [0.15, 0.2) is 0 Å². The Bertz CT molecular complexity index is 657. The normalized spacial score (nSPS) is 11.0. The molecule has 4 heteroatoms. The molecule has 0 saturated carbocycles. The molecule has 0 fully saturated rings. The van der Waals surface area contributed by atoms with Crippen molar-refractivity contribution in [3.63, 3.8) is 0 Å². The van der Waals surface area contributed by atoms with Crippen molar-refractivity contribution in [2.75, 3.05) is 6.54 Å². The maximum Gasteiger partial charge on any atom is 0.116 e. The Hall–Kier alpha value is -1.78. The van der Waals surface area contributed by atoms with Crippen LogP contribution in [0.3, 0.4) is 0 Å². The number of nitrogens with zero attached hydrogens (tertiary/aromatic N) is 2. The van der Waals surface area contributed by atoms with E-state index in [0.29, 0.717) is 0 Å². The Morgan fingerprint density at radius 1 is 1.26 bits per heavy atom. The summed E-state index contributed by atoms with van der Waals surface area (Å²) in [4.78, 5) is 9.60. The SMILES string of the molecule is CCNCc1cccc(-c2cc3ncncc3s2)c1. The summed E-state index contributed by atoms with van der Waals surface area (Å²) in [6.07, 6.45) is 3.47. The van der Waals surface area contributed by atoms with E-state index < -0.39 is 0 Å². The fourth-order valence-electron chi connectivity index (χ4n) is 2.03. The van der Waals surface area contributed by atoms with Crippen LogP contribution in [-0.4, -0.2) is 16.5 Å². The number of rotatable bonds is 4. The molecule has 0 unspecified atom stereocenters. The van der Waals surface area contributed by atoms with Crippen LogP contribution in [0.2, 0.25) is 0 Å². The Kier molecular flexibility index (Phi) is 3.53. The van der Waals surface area contributed by atoms with Gasteiger partial charge in [0, 0.05) is 17.6 Å². The van der Waals surface area contributed by atoms with Gasteiger partial charge in [-0.1, -0.05) is 25.1 Å². The van der Waals surface area contributed by atoms with Crippen molar-refractivity contribution < 1.29 is 0 Å². The molecule has 2 aromatic heterocycles. The average Bonchev–Trinajstić information content (AvgIpc) is 2.89. The predicted octanol–water partition coefficient (Wildman–Crippen LogP) is 3.47. The largest absolute Gasteiger partial charge is 0.313 e. The Morgan fingerprint density at radius 3 is 3.05 bits per heavy atom. The number of hydrogen-bond donors (Lipinski definition) is 1. The maximum atomic E-state index is 4.29. The molecule has 3 nitrogen and oxygen atoms in total. The number of fused-ring (bicyclic) bond motifs is 1. The topological polar surface area (TPSA) is 37.8 Å². The van der Waals surface area contributed by atoms with E-state index in [1.165, 1.54) is 16.0 Å². The van der Waals surface area contributed by atoms with Gasteiger partial charge < -0.3 is 5.32 Å². The van der Waals surface area contributed by atoms with Crippen LogP contribution in [0, 0.1) is 0 Å². The van der Waals surface area contributed by atoms with Crippen molar-refractivity contribution in [3.05, 3.63) is 48.4 Å². The monoisotopic (exact) mass is 269 g/mol. The van der Waals surface area contributed by atoms with E-state index in [9.17, 15) is 0 Å². The van der Waals surface area contributed by atoms with Gasteiger partial charge >= 0.3 is 0 Å². The predicted molar refractivity (Wildman–Crippen MR) is 80.2 cm³/mol.